The van der Waals surface area contributed by atoms with Crippen molar-refractivity contribution in [1.29, 1.82) is 0 Å². The monoisotopic (exact) mass is 534 g/mol. The summed E-state index contributed by atoms with van der Waals surface area (Å²) in [4.78, 5) is 32.6. The van der Waals surface area contributed by atoms with Crippen molar-refractivity contribution in [2.75, 3.05) is 25.1 Å². The van der Waals surface area contributed by atoms with Gasteiger partial charge in [0, 0.05) is 54.0 Å². The topological polar surface area (TPSA) is 80.7 Å². The molecule has 0 spiro atoms. The third kappa shape index (κ3) is 5.70. The van der Waals surface area contributed by atoms with Crippen LogP contribution < -0.4 is 11.3 Å². The maximum atomic E-state index is 15.5. The number of benzene rings is 2. The number of hydrogen-bond acceptors (Lipinski definition) is 5. The molecular weight excluding hydrogens is 499 g/mol. The van der Waals surface area contributed by atoms with E-state index in [1.165, 1.54) is 6.07 Å². The summed E-state index contributed by atoms with van der Waals surface area (Å²) in [6.45, 7) is 7.92. The predicted octanol–water partition coefficient (Wildman–Crippen LogP) is 5.90. The summed E-state index contributed by atoms with van der Waals surface area (Å²) >= 11 is 1.70. The van der Waals surface area contributed by atoms with Crippen molar-refractivity contribution in [3.63, 3.8) is 0 Å². The van der Waals surface area contributed by atoms with Crippen molar-refractivity contribution in [3.05, 3.63) is 69.4 Å². The number of amides is 1. The van der Waals surface area contributed by atoms with Crippen molar-refractivity contribution in [3.8, 4) is 11.1 Å². The van der Waals surface area contributed by atoms with E-state index in [2.05, 4.69) is 4.99 Å². The van der Waals surface area contributed by atoms with Gasteiger partial charge in [-0.05, 0) is 78.9 Å². The normalized spacial score (nSPS) is 13.1. The summed E-state index contributed by atoms with van der Waals surface area (Å²) in [7, 11) is 0. The molecular formula is C30H35FN4O2S. The lowest BCUT2D eigenvalue weighted by molar-refractivity contribution is -0.127. The first-order chi connectivity index (χ1) is 18.3. The van der Waals surface area contributed by atoms with Gasteiger partial charge in [0.1, 0.15) is 11.7 Å². The summed E-state index contributed by atoms with van der Waals surface area (Å²) in [6.07, 6.45) is 5.47. The molecule has 0 aliphatic carbocycles. The molecule has 6 nitrogen and oxygen atoms in total. The third-order valence-corrected chi connectivity index (χ3v) is 7.37. The highest BCUT2D eigenvalue weighted by molar-refractivity contribution is 7.98. The maximum Gasteiger partial charge on any atom is 0.258 e. The van der Waals surface area contributed by atoms with Crippen LogP contribution in [0, 0.1) is 12.7 Å². The zero-order chi connectivity index (χ0) is 27.4. The molecule has 3 aromatic rings. The number of carbonyl (C=O) groups is 1. The molecule has 2 aromatic carbocycles. The van der Waals surface area contributed by atoms with E-state index in [0.717, 1.165) is 35.2 Å². The summed E-state index contributed by atoms with van der Waals surface area (Å²) in [5, 5.41) is 1.44. The number of hydrogen-bond donors (Lipinski definition) is 1. The van der Waals surface area contributed by atoms with E-state index in [9.17, 15) is 9.59 Å². The van der Waals surface area contributed by atoms with E-state index in [1.54, 1.807) is 39.4 Å². The zero-order valence-electron chi connectivity index (χ0n) is 22.5. The molecule has 200 valence electrons. The number of amidine groups is 1. The number of pyridine rings is 1. The lowest BCUT2D eigenvalue weighted by atomic mass is 9.98. The molecule has 8 heteroatoms. The van der Waals surface area contributed by atoms with Gasteiger partial charge in [-0.15, -0.1) is 0 Å². The number of aliphatic imine (C=N–C) groups is 1. The van der Waals surface area contributed by atoms with Crippen molar-refractivity contribution < 1.29 is 9.18 Å². The standard InChI is InChI=1S/C30H35FN4O2S/c1-5-9-34(10-6-2)29(36)23-15-25-26(31)16-21(17-27(25)33-28(32)18-23)20-7-8-24-22(14-20)13-19(3)35(30(24)37)11-12-38-4/h7-8,13-17H,5-6,9-12,18H2,1-4H3,(H2,32,33). The zero-order valence-corrected chi connectivity index (χ0v) is 23.3. The van der Waals surface area contributed by atoms with E-state index >= 15 is 4.39 Å². The number of thioether (sulfide) groups is 1. The first-order valence-corrected chi connectivity index (χ1v) is 14.5. The van der Waals surface area contributed by atoms with Gasteiger partial charge in [0.05, 0.1) is 5.69 Å². The highest BCUT2D eigenvalue weighted by atomic mass is 32.2. The van der Waals surface area contributed by atoms with Crippen LogP contribution in [0.1, 0.15) is 44.4 Å². The number of halogens is 1. The Morgan fingerprint density at radius 2 is 1.87 bits per heavy atom. The minimum atomic E-state index is -0.470. The van der Waals surface area contributed by atoms with Gasteiger partial charge < -0.3 is 15.2 Å². The van der Waals surface area contributed by atoms with Gasteiger partial charge >= 0.3 is 0 Å². The molecule has 38 heavy (non-hydrogen) atoms. The van der Waals surface area contributed by atoms with Gasteiger partial charge in [0.25, 0.3) is 5.56 Å². The molecule has 2 N–H and O–H groups in total. The highest BCUT2D eigenvalue weighted by Gasteiger charge is 2.23. The summed E-state index contributed by atoms with van der Waals surface area (Å²) in [5.41, 5.74) is 9.57. The van der Waals surface area contributed by atoms with Crippen LogP contribution in [-0.4, -0.2) is 46.3 Å². The van der Waals surface area contributed by atoms with Crippen LogP contribution in [-0.2, 0) is 11.3 Å². The number of nitrogens with zero attached hydrogens (tertiary/aromatic N) is 3. The molecule has 1 aromatic heterocycles. The van der Waals surface area contributed by atoms with Crippen molar-refractivity contribution in [2.45, 2.75) is 46.6 Å². The Hall–Kier alpha value is -3.39. The maximum absolute atomic E-state index is 15.5. The highest BCUT2D eigenvalue weighted by Crippen LogP contribution is 2.35. The molecule has 2 heterocycles. The number of fused-ring (bicyclic) bond motifs is 2. The average molecular weight is 535 g/mol. The smallest absolute Gasteiger partial charge is 0.258 e. The molecule has 0 saturated heterocycles. The molecule has 0 unspecified atom stereocenters. The molecule has 0 radical (unpaired) electrons. The van der Waals surface area contributed by atoms with Gasteiger partial charge in [-0.2, -0.15) is 11.8 Å². The largest absolute Gasteiger partial charge is 0.387 e. The Morgan fingerprint density at radius 1 is 1.13 bits per heavy atom. The Kier molecular flexibility index (Phi) is 8.72. The minimum Gasteiger partial charge on any atom is -0.387 e. The molecule has 0 atom stereocenters. The van der Waals surface area contributed by atoms with Crippen molar-refractivity contribution in [2.24, 2.45) is 10.7 Å². The predicted molar refractivity (Wildman–Crippen MR) is 158 cm³/mol. The van der Waals surface area contributed by atoms with Gasteiger partial charge in [0.15, 0.2) is 0 Å². The second kappa shape index (κ2) is 12.0. The fourth-order valence-corrected chi connectivity index (χ4v) is 5.31. The second-order valence-corrected chi connectivity index (χ2v) is 10.7. The fourth-order valence-electron chi connectivity index (χ4n) is 4.94. The molecule has 1 amide bonds. The quantitative estimate of drug-likeness (QED) is 0.370. The van der Waals surface area contributed by atoms with Crippen LogP contribution in [0.5, 0.6) is 0 Å². The van der Waals surface area contributed by atoms with Crippen LogP contribution in [0.25, 0.3) is 28.0 Å². The van der Waals surface area contributed by atoms with Crippen LogP contribution in [0.2, 0.25) is 0 Å². The van der Waals surface area contributed by atoms with E-state index in [-0.39, 0.29) is 29.3 Å². The number of aromatic nitrogens is 1. The van der Waals surface area contributed by atoms with Crippen LogP contribution >= 0.6 is 11.8 Å². The first kappa shape index (κ1) is 27.6. The number of nitrogens with two attached hydrogens (primary N) is 1. The van der Waals surface area contributed by atoms with Gasteiger partial charge in [-0.1, -0.05) is 19.9 Å². The van der Waals surface area contributed by atoms with Crippen molar-refractivity contribution >= 4 is 46.0 Å². The third-order valence-electron chi connectivity index (χ3n) is 6.78. The Labute approximate surface area is 227 Å². The van der Waals surface area contributed by atoms with Gasteiger partial charge in [-0.25, -0.2) is 9.38 Å². The van der Waals surface area contributed by atoms with Crippen LogP contribution in [0.3, 0.4) is 0 Å². The average Bonchev–Trinajstić information content (AvgIpc) is 3.06. The number of carbonyl (C=O) groups excluding carboxylic acids is 1. The van der Waals surface area contributed by atoms with Gasteiger partial charge in [-0.3, -0.25) is 9.59 Å². The fraction of sp³-hybridized carbons (Fsp3) is 0.367. The summed E-state index contributed by atoms with van der Waals surface area (Å²) in [5.74, 6) is 0.533. The molecule has 0 fully saturated rings. The first-order valence-electron chi connectivity index (χ1n) is 13.1. The number of aryl methyl sites for hydroxylation is 1. The summed E-state index contributed by atoms with van der Waals surface area (Å²) in [6, 6.07) is 10.8. The summed E-state index contributed by atoms with van der Waals surface area (Å²) < 4.78 is 17.3. The Bertz CT molecular complexity index is 1490. The van der Waals surface area contributed by atoms with E-state index in [0.29, 0.717) is 41.8 Å². The van der Waals surface area contributed by atoms with Gasteiger partial charge in [0.2, 0.25) is 5.91 Å². The van der Waals surface area contributed by atoms with Crippen LogP contribution in [0.4, 0.5) is 10.1 Å². The van der Waals surface area contributed by atoms with E-state index in [1.807, 2.05) is 45.2 Å². The Balaban J connectivity index is 1.76. The lowest BCUT2D eigenvalue weighted by Gasteiger charge is -2.22. The molecule has 1 aliphatic heterocycles. The molecule has 0 bridgehead atoms. The SMILES string of the molecule is CCCN(CCC)C(=O)C1=Cc2c(F)cc(-c3ccc4c(=O)n(CCSC)c(C)cc4c3)cc2N=C(N)C1. The molecule has 0 saturated carbocycles. The van der Waals surface area contributed by atoms with E-state index in [4.69, 9.17) is 5.73 Å². The lowest BCUT2D eigenvalue weighted by Crippen LogP contribution is -2.34. The minimum absolute atomic E-state index is 0.0198. The molecule has 1 aliphatic rings. The van der Waals surface area contributed by atoms with E-state index < -0.39 is 5.82 Å². The molecule has 4 rings (SSSR count). The number of rotatable bonds is 9. The van der Waals surface area contributed by atoms with Crippen molar-refractivity contribution in [1.82, 2.24) is 9.47 Å². The second-order valence-electron chi connectivity index (χ2n) is 9.67. The van der Waals surface area contributed by atoms with Crippen LogP contribution in [0.15, 0.2) is 51.8 Å². The Morgan fingerprint density at radius 3 is 2.55 bits per heavy atom.